The zero-order valence-corrected chi connectivity index (χ0v) is 13.0. The third kappa shape index (κ3) is 4.03. The fourth-order valence-corrected chi connectivity index (χ4v) is 2.94. The van der Waals surface area contributed by atoms with E-state index in [0.29, 0.717) is 25.3 Å². The van der Waals surface area contributed by atoms with Crippen LogP contribution in [0.15, 0.2) is 43.0 Å². The van der Waals surface area contributed by atoms with Crippen molar-refractivity contribution in [2.45, 2.75) is 31.6 Å². The number of halogens is 1. The third-order valence-electron chi connectivity index (χ3n) is 4.04. The number of nitrogens with zero attached hydrogens (tertiary/aromatic N) is 3. The zero-order valence-electron chi connectivity index (χ0n) is 13.0. The molecule has 23 heavy (non-hydrogen) atoms. The Bertz CT molecular complexity index is 651. The molecular weight excluding hydrogens is 297 g/mol. The van der Waals surface area contributed by atoms with Gasteiger partial charge in [-0.05, 0) is 25.5 Å². The van der Waals surface area contributed by atoms with Gasteiger partial charge < -0.3 is 9.84 Å². The van der Waals surface area contributed by atoms with Crippen LogP contribution in [-0.4, -0.2) is 44.8 Å². The quantitative estimate of drug-likeness (QED) is 0.935. The highest BCUT2D eigenvalue weighted by molar-refractivity contribution is 5.23. The Morgan fingerprint density at radius 1 is 1.39 bits per heavy atom. The van der Waals surface area contributed by atoms with Crippen LogP contribution in [0.3, 0.4) is 0 Å². The summed E-state index contributed by atoms with van der Waals surface area (Å²) >= 11 is 0. The van der Waals surface area contributed by atoms with Crippen molar-refractivity contribution >= 4 is 0 Å². The van der Waals surface area contributed by atoms with Gasteiger partial charge in [-0.25, -0.2) is 14.4 Å². The summed E-state index contributed by atoms with van der Waals surface area (Å²) in [5, 5.41) is 10.7. The fraction of sp³-hybridized carbons (Fsp3) is 0.412. The maximum Gasteiger partial charge on any atom is 0.129 e. The molecule has 2 aromatic rings. The Balaban J connectivity index is 1.63. The minimum Gasteiger partial charge on any atom is -0.487 e. The summed E-state index contributed by atoms with van der Waals surface area (Å²) in [6.45, 7) is 3.70. The van der Waals surface area contributed by atoms with Crippen molar-refractivity contribution in [2.24, 2.45) is 0 Å². The first-order valence-corrected chi connectivity index (χ1v) is 7.64. The van der Waals surface area contributed by atoms with Gasteiger partial charge in [0.05, 0.1) is 0 Å². The molecular formula is C17H20FN3O2. The standard InChI is InChI=1S/C17H20FN3O2/c1-17(22)11-21(10-13-8-19-12-20-9-13)6-5-16(17)23-15-4-2-3-14(18)7-15/h2-4,7-9,12,16,22H,5-6,10-11H2,1H3/t16-,17-/m0/s1. The molecule has 1 aliphatic heterocycles. The van der Waals surface area contributed by atoms with E-state index >= 15 is 0 Å². The van der Waals surface area contributed by atoms with Crippen molar-refractivity contribution in [1.29, 1.82) is 0 Å². The van der Waals surface area contributed by atoms with E-state index in [2.05, 4.69) is 14.9 Å². The summed E-state index contributed by atoms with van der Waals surface area (Å²) in [7, 11) is 0. The first kappa shape index (κ1) is 15.8. The smallest absolute Gasteiger partial charge is 0.129 e. The number of rotatable bonds is 4. The normalized spacial score (nSPS) is 25.3. The van der Waals surface area contributed by atoms with E-state index in [-0.39, 0.29) is 11.9 Å². The molecule has 0 unspecified atom stereocenters. The van der Waals surface area contributed by atoms with Gasteiger partial charge in [0.15, 0.2) is 0 Å². The molecule has 5 nitrogen and oxygen atoms in total. The van der Waals surface area contributed by atoms with Crippen molar-refractivity contribution in [3.8, 4) is 5.75 Å². The Morgan fingerprint density at radius 2 is 2.17 bits per heavy atom. The molecule has 1 saturated heterocycles. The number of benzene rings is 1. The molecule has 2 atom stereocenters. The van der Waals surface area contributed by atoms with Gasteiger partial charge >= 0.3 is 0 Å². The fourth-order valence-electron chi connectivity index (χ4n) is 2.94. The van der Waals surface area contributed by atoms with E-state index in [9.17, 15) is 9.50 Å². The van der Waals surface area contributed by atoms with Gasteiger partial charge in [0.25, 0.3) is 0 Å². The van der Waals surface area contributed by atoms with Crippen LogP contribution in [0, 0.1) is 5.82 Å². The van der Waals surface area contributed by atoms with E-state index in [0.717, 1.165) is 12.1 Å². The first-order chi connectivity index (χ1) is 11.0. The largest absolute Gasteiger partial charge is 0.487 e. The van der Waals surface area contributed by atoms with Crippen LogP contribution < -0.4 is 4.74 Å². The van der Waals surface area contributed by atoms with Crippen molar-refractivity contribution in [3.63, 3.8) is 0 Å². The predicted octanol–water partition coefficient (Wildman–Crippen LogP) is 2.02. The first-order valence-electron chi connectivity index (χ1n) is 7.64. The minimum absolute atomic E-state index is 0.344. The van der Waals surface area contributed by atoms with Crippen LogP contribution >= 0.6 is 0 Å². The molecule has 1 fully saturated rings. The van der Waals surface area contributed by atoms with Gasteiger partial charge in [0.1, 0.15) is 29.6 Å². The van der Waals surface area contributed by atoms with Crippen LogP contribution in [0.5, 0.6) is 5.75 Å². The van der Waals surface area contributed by atoms with E-state index in [1.165, 1.54) is 18.5 Å². The van der Waals surface area contributed by atoms with Gasteiger partial charge in [0, 0.05) is 43.7 Å². The Hall–Kier alpha value is -2.05. The highest BCUT2D eigenvalue weighted by Crippen LogP contribution is 2.27. The van der Waals surface area contributed by atoms with E-state index in [4.69, 9.17) is 4.74 Å². The zero-order chi connectivity index (χ0) is 16.3. The molecule has 0 amide bonds. The molecule has 122 valence electrons. The number of aliphatic hydroxyl groups is 1. The molecule has 6 heteroatoms. The molecule has 1 aromatic heterocycles. The lowest BCUT2D eigenvalue weighted by atomic mass is 9.91. The summed E-state index contributed by atoms with van der Waals surface area (Å²) in [6, 6.07) is 6.01. The number of hydrogen-bond acceptors (Lipinski definition) is 5. The third-order valence-corrected chi connectivity index (χ3v) is 4.04. The van der Waals surface area contributed by atoms with Crippen molar-refractivity contribution in [2.75, 3.05) is 13.1 Å². The summed E-state index contributed by atoms with van der Waals surface area (Å²) in [5.74, 6) is 0.101. The second-order valence-corrected chi connectivity index (χ2v) is 6.17. The average Bonchev–Trinajstić information content (AvgIpc) is 2.51. The predicted molar refractivity (Wildman–Crippen MR) is 83.4 cm³/mol. The summed E-state index contributed by atoms with van der Waals surface area (Å²) in [6.07, 6.45) is 5.34. The van der Waals surface area contributed by atoms with E-state index in [1.54, 1.807) is 31.5 Å². The lowest BCUT2D eigenvalue weighted by Crippen LogP contribution is -2.56. The highest BCUT2D eigenvalue weighted by atomic mass is 19.1. The lowest BCUT2D eigenvalue weighted by molar-refractivity contribution is -0.0993. The molecule has 0 bridgehead atoms. The number of β-amino-alcohol motifs (C(OH)–C–C–N with tert-alkyl or cyclic N) is 1. The molecule has 0 saturated carbocycles. The topological polar surface area (TPSA) is 58.5 Å². The number of piperidine rings is 1. The number of ether oxygens (including phenoxy) is 1. The average molecular weight is 317 g/mol. The molecule has 2 heterocycles. The molecule has 0 radical (unpaired) electrons. The van der Waals surface area contributed by atoms with Gasteiger partial charge in [0.2, 0.25) is 0 Å². The van der Waals surface area contributed by atoms with Crippen LogP contribution in [0.4, 0.5) is 4.39 Å². The number of aromatic nitrogens is 2. The molecule has 1 aliphatic rings. The Morgan fingerprint density at radius 3 is 2.87 bits per heavy atom. The summed E-state index contributed by atoms with van der Waals surface area (Å²) in [5.41, 5.74) is -0.00646. The summed E-state index contributed by atoms with van der Waals surface area (Å²) < 4.78 is 19.1. The van der Waals surface area contributed by atoms with E-state index < -0.39 is 5.60 Å². The minimum atomic E-state index is -1.01. The Labute approximate surface area is 134 Å². The monoisotopic (exact) mass is 317 g/mol. The molecule has 1 aromatic carbocycles. The second kappa shape index (κ2) is 6.60. The van der Waals surface area contributed by atoms with Gasteiger partial charge in [-0.1, -0.05) is 6.07 Å². The molecule has 3 rings (SSSR count). The molecule has 0 spiro atoms. The van der Waals surface area contributed by atoms with Crippen molar-refractivity contribution < 1.29 is 14.2 Å². The van der Waals surface area contributed by atoms with Crippen LogP contribution in [-0.2, 0) is 6.54 Å². The van der Waals surface area contributed by atoms with Gasteiger partial charge in [-0.3, -0.25) is 4.90 Å². The maximum atomic E-state index is 13.3. The van der Waals surface area contributed by atoms with Gasteiger partial charge in [-0.15, -0.1) is 0 Å². The molecule has 0 aliphatic carbocycles. The summed E-state index contributed by atoms with van der Waals surface area (Å²) in [4.78, 5) is 10.2. The maximum absolute atomic E-state index is 13.3. The molecule has 1 N–H and O–H groups in total. The van der Waals surface area contributed by atoms with Crippen LogP contribution in [0.25, 0.3) is 0 Å². The van der Waals surface area contributed by atoms with Crippen LogP contribution in [0.2, 0.25) is 0 Å². The SMILES string of the molecule is C[C@]1(O)CN(Cc2cncnc2)CC[C@@H]1Oc1cccc(F)c1. The second-order valence-electron chi connectivity index (χ2n) is 6.17. The number of likely N-dealkylation sites (tertiary alicyclic amines) is 1. The lowest BCUT2D eigenvalue weighted by Gasteiger charge is -2.42. The highest BCUT2D eigenvalue weighted by Gasteiger charge is 2.39. The van der Waals surface area contributed by atoms with Crippen molar-refractivity contribution in [1.82, 2.24) is 14.9 Å². The van der Waals surface area contributed by atoms with Crippen LogP contribution in [0.1, 0.15) is 18.9 Å². The number of hydrogen-bond donors (Lipinski definition) is 1. The Kier molecular flexibility index (Phi) is 4.54. The van der Waals surface area contributed by atoms with E-state index in [1.807, 2.05) is 0 Å². The van der Waals surface area contributed by atoms with Crippen molar-refractivity contribution in [3.05, 3.63) is 54.4 Å². The van der Waals surface area contributed by atoms with Gasteiger partial charge in [-0.2, -0.15) is 0 Å².